The molecule has 7 N–H and O–H groups in total. The van der Waals surface area contributed by atoms with E-state index in [1.54, 1.807) is 0 Å². The van der Waals surface area contributed by atoms with Crippen LogP contribution >= 0.6 is 0 Å². The molecule has 2 aliphatic heterocycles. The van der Waals surface area contributed by atoms with E-state index in [0.29, 0.717) is 12.8 Å². The van der Waals surface area contributed by atoms with E-state index in [1.165, 1.54) is 0 Å². The minimum Gasteiger partial charge on any atom is -0.462 e. The first-order valence-corrected chi connectivity index (χ1v) is 23.2. The summed E-state index contributed by atoms with van der Waals surface area (Å²) in [4.78, 5) is 25.6. The van der Waals surface area contributed by atoms with Gasteiger partial charge in [0.05, 0.1) is 19.8 Å². The third kappa shape index (κ3) is 24.3. The molecule has 11 atom stereocenters. The highest BCUT2D eigenvalue weighted by atomic mass is 16.7. The smallest absolute Gasteiger partial charge is 0.306 e. The molecule has 0 amide bonds. The number of hydrogen-bond acceptors (Lipinski definition) is 15. The quantitative estimate of drug-likeness (QED) is 0.0253. The zero-order valence-corrected chi connectivity index (χ0v) is 38.0. The number of rotatable bonds is 33. The lowest BCUT2D eigenvalue weighted by Crippen LogP contribution is -2.61. The van der Waals surface area contributed by atoms with Gasteiger partial charge in [0.2, 0.25) is 0 Å². The summed E-state index contributed by atoms with van der Waals surface area (Å²) < 4.78 is 33.4. The second-order valence-corrected chi connectivity index (χ2v) is 15.8. The largest absolute Gasteiger partial charge is 0.462 e. The lowest BCUT2D eigenvalue weighted by molar-refractivity contribution is -0.332. The number of aliphatic hydroxyl groups is 7. The summed E-state index contributed by atoms with van der Waals surface area (Å²) in [5, 5.41) is 71.9. The predicted molar refractivity (Wildman–Crippen MR) is 242 cm³/mol. The maximum atomic E-state index is 12.9. The molecule has 2 saturated heterocycles. The van der Waals surface area contributed by atoms with Crippen molar-refractivity contribution >= 4 is 11.9 Å². The van der Waals surface area contributed by atoms with Crippen molar-refractivity contribution in [1.82, 2.24) is 0 Å². The number of esters is 2. The lowest BCUT2D eigenvalue weighted by Gasteiger charge is -2.42. The molecule has 0 radical (unpaired) electrons. The summed E-state index contributed by atoms with van der Waals surface area (Å²) in [5.74, 6) is -1.02. The molecule has 0 spiro atoms. The Morgan fingerprint density at radius 3 is 1.47 bits per heavy atom. The van der Waals surface area contributed by atoms with Gasteiger partial charge in [-0.25, -0.2) is 0 Å². The van der Waals surface area contributed by atoms with Gasteiger partial charge in [0, 0.05) is 12.8 Å². The fourth-order valence-corrected chi connectivity index (χ4v) is 6.57. The first-order valence-electron chi connectivity index (χ1n) is 23.2. The van der Waals surface area contributed by atoms with Gasteiger partial charge in [-0.15, -0.1) is 0 Å². The van der Waals surface area contributed by atoms with Crippen molar-refractivity contribution in [2.75, 3.05) is 26.4 Å². The van der Waals surface area contributed by atoms with Gasteiger partial charge in [-0.2, -0.15) is 0 Å². The first kappa shape index (κ1) is 56.8. The number of unbranched alkanes of at least 4 members (excludes halogenated alkanes) is 5. The van der Waals surface area contributed by atoms with Crippen LogP contribution in [0.15, 0.2) is 85.1 Å². The van der Waals surface area contributed by atoms with Crippen molar-refractivity contribution in [3.63, 3.8) is 0 Å². The first-order chi connectivity index (χ1) is 31.0. The van der Waals surface area contributed by atoms with E-state index in [-0.39, 0.29) is 19.4 Å². The lowest BCUT2D eigenvalue weighted by atomic mass is 9.98. The van der Waals surface area contributed by atoms with Crippen LogP contribution < -0.4 is 0 Å². The highest BCUT2D eigenvalue weighted by molar-refractivity contribution is 5.70. The molecule has 64 heavy (non-hydrogen) atoms. The molecule has 11 unspecified atom stereocenters. The third-order valence-corrected chi connectivity index (χ3v) is 10.4. The summed E-state index contributed by atoms with van der Waals surface area (Å²) in [6.07, 6.45) is 24.9. The zero-order valence-electron chi connectivity index (χ0n) is 38.0. The Balaban J connectivity index is 1.89. The van der Waals surface area contributed by atoms with E-state index in [1.807, 2.05) is 0 Å². The van der Waals surface area contributed by atoms with Gasteiger partial charge in [0.25, 0.3) is 0 Å². The average Bonchev–Trinajstić information content (AvgIpc) is 3.29. The van der Waals surface area contributed by atoms with Gasteiger partial charge in [0.15, 0.2) is 18.7 Å². The van der Waals surface area contributed by atoms with Crippen LogP contribution in [0.5, 0.6) is 0 Å². The van der Waals surface area contributed by atoms with Gasteiger partial charge in [-0.3, -0.25) is 9.59 Å². The molecule has 2 fully saturated rings. The van der Waals surface area contributed by atoms with E-state index in [2.05, 4.69) is 98.9 Å². The Kier molecular flexibility index (Phi) is 31.8. The molecule has 364 valence electrons. The monoisotopic (exact) mass is 907 g/mol. The standard InChI is InChI=1S/C49H78O15/c1-3-5-7-9-11-13-15-17-18-20-22-24-26-28-30-32-41(52)62-37(34-59-40(51)31-29-27-25-23-21-19-16-14-12-10-8-6-4-2)35-60-48-47(58)45(56)43(54)39(64-48)36-61-49-46(57)44(55)42(53)38(33-50)63-49/h5-8,11-14,17-19,21-22,24,37-39,42-50,53-58H,3-4,9-10,15-16,20,23,25-36H2,1-2H3/b7-5-,8-6-,13-11-,14-12-,18-17-,21-19-,24-22-. The van der Waals surface area contributed by atoms with E-state index in [0.717, 1.165) is 77.0 Å². The number of carbonyl (C=O) groups is 2. The molecule has 0 aliphatic carbocycles. The minimum absolute atomic E-state index is 0.101. The molecule has 15 nitrogen and oxygen atoms in total. The molecule has 0 aromatic rings. The van der Waals surface area contributed by atoms with Gasteiger partial charge in [0.1, 0.15) is 55.4 Å². The Hall–Kier alpha value is -3.32. The van der Waals surface area contributed by atoms with Crippen LogP contribution in [0.1, 0.15) is 117 Å². The van der Waals surface area contributed by atoms with Gasteiger partial charge in [-0.05, 0) is 83.5 Å². The zero-order chi connectivity index (χ0) is 46.8. The molecule has 2 heterocycles. The molecule has 2 aliphatic rings. The maximum absolute atomic E-state index is 12.9. The fraction of sp³-hybridized carbons (Fsp3) is 0.673. The number of carbonyl (C=O) groups excluding carboxylic acids is 2. The molecule has 0 saturated carbocycles. The normalized spacial score (nSPS) is 27.4. The van der Waals surface area contributed by atoms with Crippen LogP contribution in [0.2, 0.25) is 0 Å². The highest BCUT2D eigenvalue weighted by Crippen LogP contribution is 2.26. The van der Waals surface area contributed by atoms with Crippen molar-refractivity contribution in [3.8, 4) is 0 Å². The van der Waals surface area contributed by atoms with Crippen LogP contribution in [-0.4, -0.2) is 142 Å². The SMILES string of the molecule is CC/C=C\C/C=C\C/C=C\C/C=C\CCCCC(=O)OC(COC(=O)CCCCC/C=C\C/C=C\C/C=C\CC)COC1OC(COC2OC(CO)C(O)C(O)C2O)C(O)C(O)C1O. The Morgan fingerprint density at radius 2 is 0.938 bits per heavy atom. The van der Waals surface area contributed by atoms with Crippen LogP contribution in [0, 0.1) is 0 Å². The van der Waals surface area contributed by atoms with E-state index >= 15 is 0 Å². The van der Waals surface area contributed by atoms with Crippen molar-refractivity contribution in [2.24, 2.45) is 0 Å². The minimum atomic E-state index is -1.78. The molecule has 0 aromatic carbocycles. The van der Waals surface area contributed by atoms with Crippen LogP contribution in [-0.2, 0) is 38.0 Å². The molecule has 2 rings (SSSR count). The summed E-state index contributed by atoms with van der Waals surface area (Å²) >= 11 is 0. The summed E-state index contributed by atoms with van der Waals surface area (Å²) in [5.41, 5.74) is 0. The van der Waals surface area contributed by atoms with Crippen LogP contribution in [0.25, 0.3) is 0 Å². The topological polar surface area (TPSA) is 231 Å². The van der Waals surface area contributed by atoms with Crippen molar-refractivity contribution < 1.29 is 73.8 Å². The Bertz CT molecular complexity index is 1440. The third-order valence-electron chi connectivity index (χ3n) is 10.4. The van der Waals surface area contributed by atoms with Crippen LogP contribution in [0.3, 0.4) is 0 Å². The molecular formula is C49H78O15. The summed E-state index contributed by atoms with van der Waals surface area (Å²) in [6, 6.07) is 0. The van der Waals surface area contributed by atoms with Gasteiger partial charge in [-0.1, -0.05) is 105 Å². The molecular weight excluding hydrogens is 829 g/mol. The average molecular weight is 907 g/mol. The van der Waals surface area contributed by atoms with Crippen molar-refractivity contribution in [2.45, 2.75) is 184 Å². The summed E-state index contributed by atoms with van der Waals surface area (Å²) in [7, 11) is 0. The van der Waals surface area contributed by atoms with Crippen molar-refractivity contribution in [1.29, 1.82) is 0 Å². The maximum Gasteiger partial charge on any atom is 0.306 e. The fourth-order valence-electron chi connectivity index (χ4n) is 6.57. The number of ether oxygens (including phenoxy) is 6. The molecule has 15 heteroatoms. The molecule has 0 aromatic heterocycles. The number of allylic oxidation sites excluding steroid dienone is 14. The van der Waals surface area contributed by atoms with Gasteiger partial charge >= 0.3 is 11.9 Å². The van der Waals surface area contributed by atoms with Crippen molar-refractivity contribution in [3.05, 3.63) is 85.1 Å². The summed E-state index contributed by atoms with van der Waals surface area (Å²) in [6.45, 7) is 2.24. The second-order valence-electron chi connectivity index (χ2n) is 15.8. The van der Waals surface area contributed by atoms with E-state index < -0.39 is 99.3 Å². The van der Waals surface area contributed by atoms with Gasteiger partial charge < -0.3 is 64.2 Å². The second kappa shape index (κ2) is 35.9. The van der Waals surface area contributed by atoms with E-state index in [9.17, 15) is 45.3 Å². The molecule has 0 bridgehead atoms. The number of hydrogen-bond donors (Lipinski definition) is 7. The van der Waals surface area contributed by atoms with Crippen LogP contribution in [0.4, 0.5) is 0 Å². The number of aliphatic hydroxyl groups excluding tert-OH is 7. The van der Waals surface area contributed by atoms with E-state index in [4.69, 9.17) is 28.4 Å². The predicted octanol–water partition coefficient (Wildman–Crippen LogP) is 5.26. The Morgan fingerprint density at radius 1 is 0.500 bits per heavy atom. The Labute approximate surface area is 380 Å². The highest BCUT2D eigenvalue weighted by Gasteiger charge is 2.47.